The standard InChI is InChI=1S/C15H20FNO/c16-13-5-3-12(4-6-13)15(11-1-2-11)17-14-7-9-18-10-8-14/h3-6,11,14-15,17H,1-2,7-10H2. The predicted octanol–water partition coefficient (Wildman–Crippen LogP) is 3.05. The first-order valence-electron chi connectivity index (χ1n) is 6.92. The zero-order chi connectivity index (χ0) is 12.4. The van der Waals surface area contributed by atoms with Crippen LogP contribution in [0.25, 0.3) is 0 Å². The van der Waals surface area contributed by atoms with Crippen LogP contribution < -0.4 is 5.32 Å². The van der Waals surface area contributed by atoms with Crippen LogP contribution >= 0.6 is 0 Å². The molecule has 2 nitrogen and oxygen atoms in total. The minimum Gasteiger partial charge on any atom is -0.381 e. The Kier molecular flexibility index (Phi) is 3.62. The largest absolute Gasteiger partial charge is 0.381 e. The summed E-state index contributed by atoms with van der Waals surface area (Å²) >= 11 is 0. The van der Waals surface area contributed by atoms with Gasteiger partial charge in [0.1, 0.15) is 5.82 Å². The van der Waals surface area contributed by atoms with Gasteiger partial charge >= 0.3 is 0 Å². The van der Waals surface area contributed by atoms with Gasteiger partial charge in [0.2, 0.25) is 0 Å². The summed E-state index contributed by atoms with van der Waals surface area (Å²) in [6, 6.07) is 7.92. The lowest BCUT2D eigenvalue weighted by atomic mass is 9.99. The number of ether oxygens (including phenoxy) is 1. The Bertz CT molecular complexity index is 382. The molecular formula is C15H20FNO. The number of hydrogen-bond acceptors (Lipinski definition) is 2. The lowest BCUT2D eigenvalue weighted by Gasteiger charge is -2.29. The quantitative estimate of drug-likeness (QED) is 0.885. The van der Waals surface area contributed by atoms with E-state index >= 15 is 0 Å². The molecule has 0 spiro atoms. The van der Waals surface area contributed by atoms with Gasteiger partial charge in [0, 0.05) is 25.3 Å². The van der Waals surface area contributed by atoms with Gasteiger partial charge in [-0.3, -0.25) is 0 Å². The van der Waals surface area contributed by atoms with E-state index in [-0.39, 0.29) is 5.82 Å². The Balaban J connectivity index is 1.69. The van der Waals surface area contributed by atoms with Crippen molar-refractivity contribution in [3.05, 3.63) is 35.6 Å². The average molecular weight is 249 g/mol. The monoisotopic (exact) mass is 249 g/mol. The molecule has 1 saturated carbocycles. The van der Waals surface area contributed by atoms with E-state index in [1.807, 2.05) is 12.1 Å². The molecule has 0 radical (unpaired) electrons. The fourth-order valence-corrected chi connectivity index (χ4v) is 2.72. The summed E-state index contributed by atoms with van der Waals surface area (Å²) in [5, 5.41) is 3.75. The molecule has 18 heavy (non-hydrogen) atoms. The van der Waals surface area contributed by atoms with Crippen molar-refractivity contribution in [1.82, 2.24) is 5.32 Å². The molecule has 1 N–H and O–H groups in total. The molecule has 1 aromatic carbocycles. The van der Waals surface area contributed by atoms with Crippen molar-refractivity contribution in [3.8, 4) is 0 Å². The van der Waals surface area contributed by atoms with Gasteiger partial charge in [-0.15, -0.1) is 0 Å². The third-order valence-corrected chi connectivity index (χ3v) is 3.96. The van der Waals surface area contributed by atoms with Crippen LogP contribution in [0.15, 0.2) is 24.3 Å². The van der Waals surface area contributed by atoms with Crippen LogP contribution in [-0.4, -0.2) is 19.3 Å². The van der Waals surface area contributed by atoms with Crippen LogP contribution in [0.2, 0.25) is 0 Å². The minimum absolute atomic E-state index is 0.153. The minimum atomic E-state index is -0.153. The molecular weight excluding hydrogens is 229 g/mol. The highest BCUT2D eigenvalue weighted by Gasteiger charge is 2.33. The highest BCUT2D eigenvalue weighted by atomic mass is 19.1. The Labute approximate surface area is 108 Å². The highest BCUT2D eigenvalue weighted by molar-refractivity contribution is 5.22. The van der Waals surface area contributed by atoms with Crippen LogP contribution in [0.3, 0.4) is 0 Å². The number of rotatable bonds is 4. The van der Waals surface area contributed by atoms with E-state index in [9.17, 15) is 4.39 Å². The van der Waals surface area contributed by atoms with Gasteiger partial charge in [0.25, 0.3) is 0 Å². The third kappa shape index (κ3) is 2.90. The molecule has 1 unspecified atom stereocenters. The van der Waals surface area contributed by atoms with Gasteiger partial charge < -0.3 is 10.1 Å². The molecule has 1 aromatic rings. The van der Waals surface area contributed by atoms with E-state index in [1.165, 1.54) is 18.4 Å². The summed E-state index contributed by atoms with van der Waals surface area (Å²) in [7, 11) is 0. The van der Waals surface area contributed by atoms with E-state index in [1.54, 1.807) is 12.1 Å². The van der Waals surface area contributed by atoms with Gasteiger partial charge in [0.05, 0.1) is 0 Å². The Morgan fingerprint density at radius 3 is 2.33 bits per heavy atom. The SMILES string of the molecule is Fc1ccc(C(NC2CCOCC2)C2CC2)cc1. The lowest BCUT2D eigenvalue weighted by molar-refractivity contribution is 0.0739. The molecule has 0 amide bonds. The maximum Gasteiger partial charge on any atom is 0.123 e. The van der Waals surface area contributed by atoms with Gasteiger partial charge in [-0.25, -0.2) is 4.39 Å². The van der Waals surface area contributed by atoms with Crippen molar-refractivity contribution in [2.75, 3.05) is 13.2 Å². The number of nitrogens with one attached hydrogen (secondary N) is 1. The normalized spacial score (nSPS) is 22.9. The molecule has 0 bridgehead atoms. The van der Waals surface area contributed by atoms with Crippen LogP contribution in [0.4, 0.5) is 4.39 Å². The van der Waals surface area contributed by atoms with Gasteiger partial charge in [-0.05, 0) is 49.3 Å². The maximum atomic E-state index is 13.0. The fraction of sp³-hybridized carbons (Fsp3) is 0.600. The second kappa shape index (κ2) is 5.37. The summed E-state index contributed by atoms with van der Waals surface area (Å²) in [4.78, 5) is 0. The van der Waals surface area contributed by atoms with Crippen molar-refractivity contribution in [2.24, 2.45) is 5.92 Å². The molecule has 98 valence electrons. The molecule has 1 aliphatic carbocycles. The van der Waals surface area contributed by atoms with E-state index in [2.05, 4.69) is 5.32 Å². The van der Waals surface area contributed by atoms with Gasteiger partial charge in [-0.2, -0.15) is 0 Å². The average Bonchev–Trinajstić information content (AvgIpc) is 3.23. The van der Waals surface area contributed by atoms with Crippen LogP contribution in [0, 0.1) is 11.7 Å². The Morgan fingerprint density at radius 1 is 1.06 bits per heavy atom. The van der Waals surface area contributed by atoms with Crippen molar-refractivity contribution in [3.63, 3.8) is 0 Å². The molecule has 3 heteroatoms. The van der Waals surface area contributed by atoms with E-state index in [0.29, 0.717) is 12.1 Å². The number of benzene rings is 1. The topological polar surface area (TPSA) is 21.3 Å². The fourth-order valence-electron chi connectivity index (χ4n) is 2.72. The van der Waals surface area contributed by atoms with Crippen LogP contribution in [0.1, 0.15) is 37.3 Å². The third-order valence-electron chi connectivity index (χ3n) is 3.96. The lowest BCUT2D eigenvalue weighted by Crippen LogP contribution is -2.38. The first kappa shape index (κ1) is 12.1. The van der Waals surface area contributed by atoms with E-state index in [4.69, 9.17) is 4.74 Å². The molecule has 1 saturated heterocycles. The Hall–Kier alpha value is -0.930. The molecule has 2 aliphatic rings. The van der Waals surface area contributed by atoms with Crippen molar-refractivity contribution in [1.29, 1.82) is 0 Å². The summed E-state index contributed by atoms with van der Waals surface area (Å²) in [6.07, 6.45) is 4.76. The highest BCUT2D eigenvalue weighted by Crippen LogP contribution is 2.41. The van der Waals surface area contributed by atoms with E-state index in [0.717, 1.165) is 32.0 Å². The van der Waals surface area contributed by atoms with Crippen LogP contribution in [0.5, 0.6) is 0 Å². The summed E-state index contributed by atoms with van der Waals surface area (Å²) < 4.78 is 18.4. The summed E-state index contributed by atoms with van der Waals surface area (Å²) in [5.74, 6) is 0.581. The van der Waals surface area contributed by atoms with E-state index < -0.39 is 0 Å². The molecule has 1 aliphatic heterocycles. The maximum absolute atomic E-state index is 13.0. The molecule has 2 fully saturated rings. The van der Waals surface area contributed by atoms with Gasteiger partial charge in [-0.1, -0.05) is 12.1 Å². The molecule has 1 atom stereocenters. The second-order valence-corrected chi connectivity index (χ2v) is 5.42. The zero-order valence-corrected chi connectivity index (χ0v) is 10.6. The molecule has 1 heterocycles. The van der Waals surface area contributed by atoms with Crippen molar-refractivity contribution in [2.45, 2.75) is 37.8 Å². The summed E-state index contributed by atoms with van der Waals surface area (Å²) in [5.41, 5.74) is 1.23. The zero-order valence-electron chi connectivity index (χ0n) is 10.6. The number of hydrogen-bond donors (Lipinski definition) is 1. The van der Waals surface area contributed by atoms with Crippen LogP contribution in [-0.2, 0) is 4.74 Å². The van der Waals surface area contributed by atoms with Crippen molar-refractivity contribution < 1.29 is 9.13 Å². The molecule has 0 aromatic heterocycles. The number of halogens is 1. The summed E-state index contributed by atoms with van der Waals surface area (Å²) in [6.45, 7) is 1.72. The molecule has 3 rings (SSSR count). The first-order chi connectivity index (χ1) is 8.83. The first-order valence-corrected chi connectivity index (χ1v) is 6.92. The second-order valence-electron chi connectivity index (χ2n) is 5.42. The smallest absolute Gasteiger partial charge is 0.123 e. The van der Waals surface area contributed by atoms with Gasteiger partial charge in [0.15, 0.2) is 0 Å². The predicted molar refractivity (Wildman–Crippen MR) is 68.8 cm³/mol. The Morgan fingerprint density at radius 2 is 1.72 bits per heavy atom. The van der Waals surface area contributed by atoms with Crippen molar-refractivity contribution >= 4 is 0 Å².